The first kappa shape index (κ1) is 18.9. The molecule has 1 aliphatic heterocycles. The molecule has 5 heteroatoms. The van der Waals surface area contributed by atoms with Gasteiger partial charge in [0.1, 0.15) is 5.60 Å². The first-order chi connectivity index (χ1) is 10.5. The van der Waals surface area contributed by atoms with E-state index in [0.29, 0.717) is 25.4 Å². The van der Waals surface area contributed by atoms with Crippen LogP contribution < -0.4 is 5.32 Å². The van der Waals surface area contributed by atoms with Crippen molar-refractivity contribution in [2.45, 2.75) is 71.3 Å². The third-order valence-electron chi connectivity index (χ3n) is 4.27. The number of carbonyl (C=O) groups excluding carboxylic acids is 2. The fourth-order valence-corrected chi connectivity index (χ4v) is 2.89. The average Bonchev–Trinajstić information content (AvgIpc) is 2.47. The number of carbonyl (C=O) groups is 2. The molecule has 1 saturated heterocycles. The van der Waals surface area contributed by atoms with E-state index in [1.807, 2.05) is 13.8 Å². The summed E-state index contributed by atoms with van der Waals surface area (Å²) in [5, 5.41) is 3.33. The van der Waals surface area contributed by atoms with Crippen LogP contribution >= 0.6 is 0 Å². The van der Waals surface area contributed by atoms with E-state index in [0.717, 1.165) is 45.2 Å². The van der Waals surface area contributed by atoms with Gasteiger partial charge in [-0.15, -0.1) is 0 Å². The summed E-state index contributed by atoms with van der Waals surface area (Å²) in [6.07, 6.45) is 5.35. The number of hydrogen-bond acceptors (Lipinski definition) is 5. The van der Waals surface area contributed by atoms with E-state index in [1.54, 1.807) is 6.92 Å². The molecular formula is C17H31NO4. The molecule has 1 heterocycles. The molecule has 1 N–H and O–H groups in total. The summed E-state index contributed by atoms with van der Waals surface area (Å²) in [6.45, 7) is 8.26. The summed E-state index contributed by atoms with van der Waals surface area (Å²) in [4.78, 5) is 23.2. The maximum atomic E-state index is 12.0. The van der Waals surface area contributed by atoms with Crippen LogP contribution in [-0.4, -0.2) is 37.2 Å². The van der Waals surface area contributed by atoms with E-state index in [4.69, 9.17) is 9.47 Å². The lowest BCUT2D eigenvalue weighted by atomic mass is 9.83. The van der Waals surface area contributed by atoms with Crippen LogP contribution in [0.2, 0.25) is 0 Å². The van der Waals surface area contributed by atoms with Crippen molar-refractivity contribution >= 4 is 11.9 Å². The number of nitrogens with one attached hydrogen (secondary N) is 1. The molecule has 0 saturated carbocycles. The Morgan fingerprint density at radius 2 is 1.64 bits per heavy atom. The molecule has 22 heavy (non-hydrogen) atoms. The Morgan fingerprint density at radius 3 is 2.23 bits per heavy atom. The van der Waals surface area contributed by atoms with Gasteiger partial charge in [-0.1, -0.05) is 6.42 Å². The van der Waals surface area contributed by atoms with Crippen molar-refractivity contribution in [2.75, 3.05) is 19.7 Å². The first-order valence-corrected chi connectivity index (χ1v) is 8.54. The van der Waals surface area contributed by atoms with E-state index >= 15 is 0 Å². The van der Waals surface area contributed by atoms with Gasteiger partial charge in [0.15, 0.2) is 0 Å². The minimum atomic E-state index is -0.385. The van der Waals surface area contributed by atoms with Crippen molar-refractivity contribution in [1.82, 2.24) is 5.32 Å². The van der Waals surface area contributed by atoms with Crippen molar-refractivity contribution < 1.29 is 19.1 Å². The highest BCUT2D eigenvalue weighted by Crippen LogP contribution is 2.29. The van der Waals surface area contributed by atoms with Crippen LogP contribution in [-0.2, 0) is 19.1 Å². The summed E-state index contributed by atoms with van der Waals surface area (Å²) in [6, 6.07) is 0. The van der Waals surface area contributed by atoms with Gasteiger partial charge in [0.25, 0.3) is 0 Å². The Labute approximate surface area is 134 Å². The second kappa shape index (κ2) is 9.82. The molecule has 0 aromatic heterocycles. The molecule has 0 amide bonds. The van der Waals surface area contributed by atoms with Crippen LogP contribution in [0.4, 0.5) is 0 Å². The van der Waals surface area contributed by atoms with Gasteiger partial charge in [-0.05, 0) is 59.5 Å². The van der Waals surface area contributed by atoms with Crippen LogP contribution in [0, 0.1) is 5.92 Å². The molecule has 0 atom stereocenters. The zero-order valence-electron chi connectivity index (χ0n) is 14.3. The third-order valence-corrected chi connectivity index (χ3v) is 4.27. The van der Waals surface area contributed by atoms with E-state index in [1.165, 1.54) is 0 Å². The summed E-state index contributed by atoms with van der Waals surface area (Å²) < 4.78 is 10.6. The lowest BCUT2D eigenvalue weighted by molar-refractivity contribution is -0.162. The Morgan fingerprint density at radius 1 is 1.05 bits per heavy atom. The average molecular weight is 313 g/mol. The predicted octanol–water partition coefficient (Wildman–Crippen LogP) is 2.82. The van der Waals surface area contributed by atoms with Crippen molar-refractivity contribution in [3.05, 3.63) is 0 Å². The fourth-order valence-electron chi connectivity index (χ4n) is 2.89. The lowest BCUT2D eigenvalue weighted by Gasteiger charge is -2.36. The van der Waals surface area contributed by atoms with Gasteiger partial charge in [-0.25, -0.2) is 0 Å². The highest BCUT2D eigenvalue weighted by atomic mass is 16.6. The summed E-state index contributed by atoms with van der Waals surface area (Å²) in [5.74, 6) is 0.151. The molecule has 0 aromatic carbocycles. The molecule has 5 nitrogen and oxygen atoms in total. The van der Waals surface area contributed by atoms with Gasteiger partial charge < -0.3 is 14.8 Å². The smallest absolute Gasteiger partial charge is 0.306 e. The third kappa shape index (κ3) is 7.25. The SMILES string of the molecule is CCOC(=O)CCCCCC(=O)OC(C)(C)C1CCNCC1. The predicted molar refractivity (Wildman–Crippen MR) is 85.5 cm³/mol. The minimum absolute atomic E-state index is 0.125. The van der Waals surface area contributed by atoms with Gasteiger partial charge in [-0.2, -0.15) is 0 Å². The second-order valence-corrected chi connectivity index (χ2v) is 6.47. The van der Waals surface area contributed by atoms with E-state index in [2.05, 4.69) is 5.32 Å². The van der Waals surface area contributed by atoms with Gasteiger partial charge in [0, 0.05) is 18.8 Å². The Hall–Kier alpha value is -1.10. The summed E-state index contributed by atoms with van der Waals surface area (Å²) in [5.41, 5.74) is -0.385. The maximum Gasteiger partial charge on any atom is 0.306 e. The quantitative estimate of drug-likeness (QED) is 0.524. The van der Waals surface area contributed by atoms with Crippen molar-refractivity contribution in [3.63, 3.8) is 0 Å². The molecule has 1 rings (SSSR count). The molecule has 128 valence electrons. The van der Waals surface area contributed by atoms with Crippen LogP contribution in [0.1, 0.15) is 65.7 Å². The second-order valence-electron chi connectivity index (χ2n) is 6.47. The zero-order chi connectivity index (χ0) is 16.4. The maximum absolute atomic E-state index is 12.0. The molecule has 0 unspecified atom stereocenters. The lowest BCUT2D eigenvalue weighted by Crippen LogP contribution is -2.42. The minimum Gasteiger partial charge on any atom is -0.466 e. The highest BCUT2D eigenvalue weighted by molar-refractivity contribution is 5.70. The van der Waals surface area contributed by atoms with Crippen LogP contribution in [0.5, 0.6) is 0 Å². The topological polar surface area (TPSA) is 64.6 Å². The van der Waals surface area contributed by atoms with Crippen LogP contribution in [0.3, 0.4) is 0 Å². The molecule has 0 spiro atoms. The molecule has 0 aliphatic carbocycles. The molecule has 1 aliphatic rings. The van der Waals surface area contributed by atoms with Gasteiger partial charge in [-0.3, -0.25) is 9.59 Å². The largest absolute Gasteiger partial charge is 0.466 e. The van der Waals surface area contributed by atoms with Crippen molar-refractivity contribution in [1.29, 1.82) is 0 Å². The number of unbranched alkanes of at least 4 members (excludes halogenated alkanes) is 2. The Balaban J connectivity index is 2.15. The highest BCUT2D eigenvalue weighted by Gasteiger charge is 2.33. The van der Waals surface area contributed by atoms with E-state index < -0.39 is 0 Å². The van der Waals surface area contributed by atoms with Gasteiger partial charge in [0.2, 0.25) is 0 Å². The van der Waals surface area contributed by atoms with Crippen molar-refractivity contribution in [2.24, 2.45) is 5.92 Å². The van der Waals surface area contributed by atoms with Crippen LogP contribution in [0.25, 0.3) is 0 Å². The summed E-state index contributed by atoms with van der Waals surface area (Å²) in [7, 11) is 0. The number of hydrogen-bond donors (Lipinski definition) is 1. The molecular weight excluding hydrogens is 282 g/mol. The molecule has 1 fully saturated rings. The first-order valence-electron chi connectivity index (χ1n) is 8.54. The monoisotopic (exact) mass is 313 g/mol. The number of ether oxygens (including phenoxy) is 2. The number of esters is 2. The standard InChI is InChI=1S/C17H31NO4/c1-4-21-15(19)8-6-5-7-9-16(20)22-17(2,3)14-10-12-18-13-11-14/h14,18H,4-13H2,1-3H3. The number of piperidine rings is 1. The van der Waals surface area contributed by atoms with Gasteiger partial charge >= 0.3 is 11.9 Å². The molecule has 0 aromatic rings. The summed E-state index contributed by atoms with van der Waals surface area (Å²) >= 11 is 0. The van der Waals surface area contributed by atoms with Crippen molar-refractivity contribution in [3.8, 4) is 0 Å². The Bertz CT molecular complexity index is 349. The fraction of sp³-hybridized carbons (Fsp3) is 0.882. The van der Waals surface area contributed by atoms with Crippen LogP contribution in [0.15, 0.2) is 0 Å². The zero-order valence-corrected chi connectivity index (χ0v) is 14.3. The molecule has 0 radical (unpaired) electrons. The van der Waals surface area contributed by atoms with E-state index in [-0.39, 0.29) is 17.5 Å². The molecule has 0 bridgehead atoms. The normalized spacial score (nSPS) is 16.3. The van der Waals surface area contributed by atoms with E-state index in [9.17, 15) is 9.59 Å². The van der Waals surface area contributed by atoms with Gasteiger partial charge in [0.05, 0.1) is 6.61 Å². The Kier molecular flexibility index (Phi) is 8.46. The number of rotatable bonds is 9.